The molecule has 352 valence electrons. The standard InChI is InChI=1S/C69H54BN3Si/c1-74(2,3)56-44-46-63-62(48-56)70-61-45-43-55(71(53-33-18-8-19-34-53)54-35-20-9-21-36-54)47-66(61)73(69-59(51-29-14-6-15-30-51)39-23-40-60(69)52-31-16-7-17-32-52)65-42-24-41-64(67(65)70)72(63)68-57(49-25-10-4-11-26-49)37-22-38-58(68)50-27-12-5-13-28-50/h4-48H,1-3H3. The largest absolute Gasteiger partial charge is 0.310 e. The lowest BCUT2D eigenvalue weighted by atomic mass is 9.33. The Kier molecular flexibility index (Phi) is 11.3. The van der Waals surface area contributed by atoms with E-state index in [1.165, 1.54) is 60.9 Å². The van der Waals surface area contributed by atoms with E-state index in [1.54, 1.807) is 0 Å². The number of hydrogen-bond acceptors (Lipinski definition) is 3. The van der Waals surface area contributed by atoms with E-state index >= 15 is 0 Å². The van der Waals surface area contributed by atoms with Crippen LogP contribution in [0.25, 0.3) is 44.5 Å². The second-order valence-corrected chi connectivity index (χ2v) is 25.5. The Balaban J connectivity index is 1.17. The maximum Gasteiger partial charge on any atom is 0.252 e. The molecular weight excluding hydrogens is 910 g/mol. The van der Waals surface area contributed by atoms with Gasteiger partial charge in [-0.3, -0.25) is 0 Å². The van der Waals surface area contributed by atoms with Gasteiger partial charge in [0.05, 0.1) is 19.4 Å². The van der Waals surface area contributed by atoms with Gasteiger partial charge in [-0.2, -0.15) is 0 Å². The Hall–Kier alpha value is -8.90. The minimum Gasteiger partial charge on any atom is -0.310 e. The van der Waals surface area contributed by atoms with Crippen LogP contribution in [0.3, 0.4) is 0 Å². The molecule has 11 aromatic carbocycles. The molecule has 0 unspecified atom stereocenters. The number of fused-ring (bicyclic) bond motifs is 4. The fourth-order valence-electron chi connectivity index (χ4n) is 11.6. The molecule has 0 saturated carbocycles. The summed E-state index contributed by atoms with van der Waals surface area (Å²) in [7, 11) is -1.83. The third kappa shape index (κ3) is 7.76. The van der Waals surface area contributed by atoms with Crippen molar-refractivity contribution < 1.29 is 0 Å². The zero-order valence-corrected chi connectivity index (χ0v) is 42.9. The molecule has 0 aromatic heterocycles. The smallest absolute Gasteiger partial charge is 0.252 e. The molecule has 2 aliphatic rings. The van der Waals surface area contributed by atoms with Gasteiger partial charge >= 0.3 is 0 Å². The first kappa shape index (κ1) is 45.0. The highest BCUT2D eigenvalue weighted by Gasteiger charge is 2.45. The summed E-state index contributed by atoms with van der Waals surface area (Å²) < 4.78 is 0. The van der Waals surface area contributed by atoms with Crippen molar-refractivity contribution >= 4 is 87.5 Å². The molecule has 0 radical (unpaired) electrons. The predicted molar refractivity (Wildman–Crippen MR) is 320 cm³/mol. The van der Waals surface area contributed by atoms with Gasteiger partial charge in [0.15, 0.2) is 0 Å². The molecule has 3 nitrogen and oxygen atoms in total. The maximum atomic E-state index is 2.62. The number of hydrogen-bond donors (Lipinski definition) is 0. The molecule has 11 aromatic rings. The van der Waals surface area contributed by atoms with Crippen LogP contribution in [0.4, 0.5) is 51.2 Å². The normalized spacial score (nSPS) is 12.4. The number of para-hydroxylation sites is 4. The van der Waals surface area contributed by atoms with Crippen molar-refractivity contribution in [3.63, 3.8) is 0 Å². The van der Waals surface area contributed by atoms with Crippen LogP contribution in [-0.4, -0.2) is 14.8 Å². The van der Waals surface area contributed by atoms with Crippen LogP contribution in [0, 0.1) is 0 Å². The molecule has 0 fully saturated rings. The highest BCUT2D eigenvalue weighted by Crippen LogP contribution is 2.53. The van der Waals surface area contributed by atoms with E-state index < -0.39 is 8.07 Å². The van der Waals surface area contributed by atoms with Crippen molar-refractivity contribution in [1.29, 1.82) is 0 Å². The Morgan fingerprint density at radius 1 is 0.311 bits per heavy atom. The zero-order chi connectivity index (χ0) is 49.8. The van der Waals surface area contributed by atoms with Gasteiger partial charge in [0.1, 0.15) is 0 Å². The average Bonchev–Trinajstić information content (AvgIpc) is 3.52. The van der Waals surface area contributed by atoms with E-state index in [-0.39, 0.29) is 6.71 Å². The fraction of sp³-hybridized carbons (Fsp3) is 0.0435. The quantitative estimate of drug-likeness (QED) is 0.126. The number of anilines is 9. The second-order valence-electron chi connectivity index (χ2n) is 20.5. The van der Waals surface area contributed by atoms with Gasteiger partial charge in [0, 0.05) is 62.1 Å². The summed E-state index contributed by atoms with van der Waals surface area (Å²) in [6, 6.07) is 101. The summed E-state index contributed by atoms with van der Waals surface area (Å²) in [4.78, 5) is 7.64. The summed E-state index contributed by atoms with van der Waals surface area (Å²) in [5.41, 5.74) is 23.6. The van der Waals surface area contributed by atoms with Gasteiger partial charge in [0.2, 0.25) is 0 Å². The molecule has 0 atom stereocenters. The first-order valence-electron chi connectivity index (χ1n) is 25.8. The Morgan fingerprint density at radius 3 is 1.12 bits per heavy atom. The minimum atomic E-state index is -1.83. The van der Waals surface area contributed by atoms with E-state index in [0.29, 0.717) is 0 Å². The molecule has 0 spiro atoms. The van der Waals surface area contributed by atoms with E-state index in [0.717, 1.165) is 56.4 Å². The van der Waals surface area contributed by atoms with Crippen LogP contribution in [-0.2, 0) is 0 Å². The third-order valence-electron chi connectivity index (χ3n) is 15.0. The first-order chi connectivity index (χ1) is 36.4. The topological polar surface area (TPSA) is 9.72 Å². The molecule has 0 bridgehead atoms. The lowest BCUT2D eigenvalue weighted by molar-refractivity contribution is 1.24. The van der Waals surface area contributed by atoms with E-state index in [2.05, 4.69) is 307 Å². The summed E-state index contributed by atoms with van der Waals surface area (Å²) in [6.07, 6.45) is 0. The molecular formula is C69H54BN3Si. The molecule has 2 heterocycles. The monoisotopic (exact) mass is 963 g/mol. The molecule has 2 aliphatic heterocycles. The number of nitrogens with zero attached hydrogens (tertiary/aromatic N) is 3. The molecule has 5 heteroatoms. The van der Waals surface area contributed by atoms with Crippen molar-refractivity contribution in [2.75, 3.05) is 14.7 Å². The van der Waals surface area contributed by atoms with E-state index in [9.17, 15) is 0 Å². The Morgan fingerprint density at radius 2 is 0.703 bits per heavy atom. The molecule has 0 amide bonds. The highest BCUT2D eigenvalue weighted by molar-refractivity contribution is 7.01. The van der Waals surface area contributed by atoms with Crippen LogP contribution in [0.5, 0.6) is 0 Å². The highest BCUT2D eigenvalue weighted by atomic mass is 28.3. The maximum absolute atomic E-state index is 2.62. The third-order valence-corrected chi connectivity index (χ3v) is 17.0. The van der Waals surface area contributed by atoms with Crippen molar-refractivity contribution in [1.82, 2.24) is 0 Å². The minimum absolute atomic E-state index is 0.0842. The van der Waals surface area contributed by atoms with Crippen LogP contribution >= 0.6 is 0 Å². The van der Waals surface area contributed by atoms with E-state index in [1.807, 2.05) is 0 Å². The predicted octanol–water partition coefficient (Wildman–Crippen LogP) is 16.5. The Bertz CT molecular complexity index is 3670. The van der Waals surface area contributed by atoms with Crippen LogP contribution in [0.2, 0.25) is 19.6 Å². The fourth-order valence-corrected chi connectivity index (χ4v) is 12.8. The molecule has 13 rings (SSSR count). The van der Waals surface area contributed by atoms with Gasteiger partial charge in [0.25, 0.3) is 6.71 Å². The van der Waals surface area contributed by atoms with Gasteiger partial charge < -0.3 is 14.7 Å². The number of benzene rings is 11. The second kappa shape index (κ2) is 18.6. The average molecular weight is 964 g/mol. The van der Waals surface area contributed by atoms with Crippen molar-refractivity contribution in [2.24, 2.45) is 0 Å². The first-order valence-corrected chi connectivity index (χ1v) is 29.3. The lowest BCUT2D eigenvalue weighted by Gasteiger charge is -2.46. The van der Waals surface area contributed by atoms with Crippen molar-refractivity contribution in [2.45, 2.75) is 19.6 Å². The van der Waals surface area contributed by atoms with Crippen molar-refractivity contribution in [3.05, 3.63) is 273 Å². The van der Waals surface area contributed by atoms with Gasteiger partial charge in [-0.15, -0.1) is 0 Å². The van der Waals surface area contributed by atoms with Gasteiger partial charge in [-0.05, 0) is 93.2 Å². The number of rotatable bonds is 10. The summed E-state index contributed by atoms with van der Waals surface area (Å²) >= 11 is 0. The van der Waals surface area contributed by atoms with Crippen LogP contribution < -0.4 is 36.3 Å². The van der Waals surface area contributed by atoms with Crippen molar-refractivity contribution in [3.8, 4) is 44.5 Å². The molecule has 0 N–H and O–H groups in total. The molecule has 74 heavy (non-hydrogen) atoms. The zero-order valence-electron chi connectivity index (χ0n) is 41.9. The lowest BCUT2D eigenvalue weighted by Crippen LogP contribution is -2.62. The summed E-state index contributed by atoms with van der Waals surface area (Å²) in [5, 5.41) is 1.44. The van der Waals surface area contributed by atoms with E-state index in [4.69, 9.17) is 0 Å². The summed E-state index contributed by atoms with van der Waals surface area (Å²) in [5.74, 6) is 0. The molecule has 0 saturated heterocycles. The Labute approximate surface area is 437 Å². The van der Waals surface area contributed by atoms with Crippen LogP contribution in [0.1, 0.15) is 0 Å². The van der Waals surface area contributed by atoms with Gasteiger partial charge in [-0.25, -0.2) is 0 Å². The van der Waals surface area contributed by atoms with Gasteiger partial charge in [-0.1, -0.05) is 243 Å². The molecule has 0 aliphatic carbocycles. The SMILES string of the molecule is C[Si](C)(C)c1ccc2c(c1)B1c3ccc(N(c4ccccc4)c4ccccc4)cc3N(c3c(-c4ccccc4)cccc3-c3ccccc3)c3cccc(c31)N2c1c(-c2ccccc2)cccc1-c1ccccc1. The van der Waals surface area contributed by atoms with Crippen LogP contribution in [0.15, 0.2) is 273 Å². The summed E-state index contributed by atoms with van der Waals surface area (Å²) in [6.45, 7) is 7.34.